The van der Waals surface area contributed by atoms with E-state index < -0.39 is 22.5 Å². The van der Waals surface area contributed by atoms with E-state index in [1.165, 1.54) is 25.3 Å². The van der Waals surface area contributed by atoms with E-state index in [2.05, 4.69) is 0 Å². The minimum atomic E-state index is -3.89. The zero-order valence-electron chi connectivity index (χ0n) is 11.2. The normalized spacial score (nSPS) is 11.6. The van der Waals surface area contributed by atoms with Crippen LogP contribution in [0.2, 0.25) is 5.02 Å². The summed E-state index contributed by atoms with van der Waals surface area (Å²) in [5.74, 6) is -0.854. The van der Waals surface area contributed by atoms with Crippen molar-refractivity contribution < 1.29 is 23.1 Å². The van der Waals surface area contributed by atoms with Gasteiger partial charge in [-0.15, -0.1) is 0 Å². The highest BCUT2D eigenvalue weighted by atomic mass is 35.5. The van der Waals surface area contributed by atoms with Gasteiger partial charge in [-0.05, 0) is 24.6 Å². The molecular weight excluding hydrogens is 306 g/mol. The minimum absolute atomic E-state index is 0.0574. The summed E-state index contributed by atoms with van der Waals surface area (Å²) < 4.78 is 30.6. The number of hydrogen-bond acceptors (Lipinski definition) is 4. The lowest BCUT2D eigenvalue weighted by atomic mass is 10.3. The Hall–Kier alpha value is -1.31. The highest BCUT2D eigenvalue weighted by Gasteiger charge is 2.26. The molecule has 0 aromatic heterocycles. The van der Waals surface area contributed by atoms with Crippen LogP contribution in [0, 0.1) is 0 Å². The standard InChI is InChI=1S/C12H16ClNO5S/c1-3-6-14(8-12(15)16)20(17,18)9-4-5-11(19-2)10(13)7-9/h4-5,7H,3,6,8H2,1-2H3,(H,15,16). The predicted octanol–water partition coefficient (Wildman–Crippen LogP) is 1.83. The summed E-state index contributed by atoms with van der Waals surface area (Å²) in [6, 6.07) is 4.02. The highest BCUT2D eigenvalue weighted by molar-refractivity contribution is 7.89. The molecule has 1 N–H and O–H groups in total. The summed E-state index contributed by atoms with van der Waals surface area (Å²) in [6.07, 6.45) is 0.510. The smallest absolute Gasteiger partial charge is 0.318 e. The summed E-state index contributed by atoms with van der Waals surface area (Å²) in [7, 11) is -2.47. The maximum Gasteiger partial charge on any atom is 0.318 e. The molecule has 1 aromatic carbocycles. The molecule has 0 aliphatic rings. The third-order valence-corrected chi connectivity index (χ3v) is 4.68. The van der Waals surface area contributed by atoms with Crippen LogP contribution in [-0.4, -0.2) is 44.0 Å². The average Bonchev–Trinajstić information content (AvgIpc) is 2.37. The molecule has 0 amide bonds. The van der Waals surface area contributed by atoms with Crippen LogP contribution in [-0.2, 0) is 14.8 Å². The van der Waals surface area contributed by atoms with Gasteiger partial charge in [0.25, 0.3) is 0 Å². The second kappa shape index (κ2) is 6.92. The van der Waals surface area contributed by atoms with Gasteiger partial charge in [-0.1, -0.05) is 18.5 Å². The SMILES string of the molecule is CCCN(CC(=O)O)S(=O)(=O)c1ccc(OC)c(Cl)c1. The van der Waals surface area contributed by atoms with Crippen molar-refractivity contribution in [1.82, 2.24) is 4.31 Å². The van der Waals surface area contributed by atoms with Gasteiger partial charge in [-0.2, -0.15) is 4.31 Å². The Kier molecular flexibility index (Phi) is 5.79. The van der Waals surface area contributed by atoms with E-state index in [9.17, 15) is 13.2 Å². The van der Waals surface area contributed by atoms with E-state index >= 15 is 0 Å². The lowest BCUT2D eigenvalue weighted by molar-refractivity contribution is -0.137. The lowest BCUT2D eigenvalue weighted by Crippen LogP contribution is -2.36. The molecule has 0 fully saturated rings. The van der Waals surface area contributed by atoms with Crippen LogP contribution in [0.25, 0.3) is 0 Å². The van der Waals surface area contributed by atoms with Crippen LogP contribution in [0.15, 0.2) is 23.1 Å². The van der Waals surface area contributed by atoms with E-state index in [0.717, 1.165) is 4.31 Å². The monoisotopic (exact) mass is 321 g/mol. The molecular formula is C12H16ClNO5S. The number of rotatable bonds is 7. The van der Waals surface area contributed by atoms with Gasteiger partial charge in [0.2, 0.25) is 10.0 Å². The number of halogens is 1. The van der Waals surface area contributed by atoms with E-state index in [1.807, 2.05) is 0 Å². The van der Waals surface area contributed by atoms with Crippen molar-refractivity contribution in [1.29, 1.82) is 0 Å². The second-order valence-electron chi connectivity index (χ2n) is 4.03. The highest BCUT2D eigenvalue weighted by Crippen LogP contribution is 2.28. The van der Waals surface area contributed by atoms with Crippen molar-refractivity contribution in [2.24, 2.45) is 0 Å². The van der Waals surface area contributed by atoms with Crippen LogP contribution < -0.4 is 4.74 Å². The Labute approximate surface area is 123 Å². The number of carboxylic acids is 1. The summed E-state index contributed by atoms with van der Waals surface area (Å²) >= 11 is 5.90. The van der Waals surface area contributed by atoms with Crippen LogP contribution in [0.1, 0.15) is 13.3 Å². The molecule has 20 heavy (non-hydrogen) atoms. The van der Waals surface area contributed by atoms with Crippen molar-refractivity contribution >= 4 is 27.6 Å². The maximum atomic E-state index is 12.4. The number of sulfonamides is 1. The molecule has 0 spiro atoms. The van der Waals surface area contributed by atoms with Gasteiger partial charge in [0.1, 0.15) is 12.3 Å². The summed E-state index contributed by atoms with van der Waals surface area (Å²) in [5.41, 5.74) is 0. The van der Waals surface area contributed by atoms with E-state index in [1.54, 1.807) is 6.92 Å². The van der Waals surface area contributed by atoms with E-state index in [-0.39, 0.29) is 16.5 Å². The maximum absolute atomic E-state index is 12.4. The number of methoxy groups -OCH3 is 1. The minimum Gasteiger partial charge on any atom is -0.495 e. The molecule has 0 aliphatic carbocycles. The first-order valence-corrected chi connectivity index (χ1v) is 7.70. The van der Waals surface area contributed by atoms with Crippen molar-refractivity contribution in [2.75, 3.05) is 20.2 Å². The summed E-state index contributed by atoms with van der Waals surface area (Å²) in [6.45, 7) is 1.31. The second-order valence-corrected chi connectivity index (χ2v) is 6.37. The predicted molar refractivity (Wildman–Crippen MR) is 74.7 cm³/mol. The van der Waals surface area contributed by atoms with Crippen LogP contribution >= 0.6 is 11.6 Å². The Balaban J connectivity index is 3.18. The number of nitrogens with zero attached hydrogens (tertiary/aromatic N) is 1. The van der Waals surface area contributed by atoms with Crippen LogP contribution in [0.4, 0.5) is 0 Å². The third-order valence-electron chi connectivity index (χ3n) is 2.55. The van der Waals surface area contributed by atoms with E-state index in [4.69, 9.17) is 21.4 Å². The van der Waals surface area contributed by atoms with Crippen molar-refractivity contribution in [2.45, 2.75) is 18.2 Å². The Bertz CT molecular complexity index is 588. The molecule has 6 nitrogen and oxygen atoms in total. The number of benzene rings is 1. The zero-order chi connectivity index (χ0) is 15.3. The fourth-order valence-electron chi connectivity index (χ4n) is 1.64. The topological polar surface area (TPSA) is 83.9 Å². The first kappa shape index (κ1) is 16.7. The molecule has 8 heteroatoms. The third kappa shape index (κ3) is 3.84. The molecule has 112 valence electrons. The van der Waals surface area contributed by atoms with Crippen molar-refractivity contribution in [3.05, 3.63) is 23.2 Å². The molecule has 0 bridgehead atoms. The summed E-state index contributed by atoms with van der Waals surface area (Å²) in [5, 5.41) is 8.96. The number of carboxylic acid groups (broad SMARTS) is 1. The van der Waals surface area contributed by atoms with Crippen LogP contribution in [0.3, 0.4) is 0 Å². The first-order chi connectivity index (χ1) is 9.32. The van der Waals surface area contributed by atoms with Gasteiger partial charge in [0.15, 0.2) is 0 Å². The van der Waals surface area contributed by atoms with Gasteiger partial charge < -0.3 is 9.84 Å². The Morgan fingerprint density at radius 3 is 2.55 bits per heavy atom. The van der Waals surface area contributed by atoms with Gasteiger partial charge >= 0.3 is 5.97 Å². The quantitative estimate of drug-likeness (QED) is 0.828. The van der Waals surface area contributed by atoms with E-state index in [0.29, 0.717) is 12.2 Å². The molecule has 0 heterocycles. The summed E-state index contributed by atoms with van der Waals surface area (Å²) in [4.78, 5) is 10.7. The van der Waals surface area contributed by atoms with Crippen LogP contribution in [0.5, 0.6) is 5.75 Å². The van der Waals surface area contributed by atoms with Gasteiger partial charge in [0, 0.05) is 6.54 Å². The molecule has 0 unspecified atom stereocenters. The van der Waals surface area contributed by atoms with Gasteiger partial charge in [-0.25, -0.2) is 8.42 Å². The Morgan fingerprint density at radius 1 is 1.45 bits per heavy atom. The zero-order valence-corrected chi connectivity index (χ0v) is 12.7. The lowest BCUT2D eigenvalue weighted by Gasteiger charge is -2.20. The van der Waals surface area contributed by atoms with Crippen molar-refractivity contribution in [3.63, 3.8) is 0 Å². The number of carbonyl (C=O) groups is 1. The van der Waals surface area contributed by atoms with Crippen molar-refractivity contribution in [3.8, 4) is 5.75 Å². The molecule has 0 saturated heterocycles. The van der Waals surface area contributed by atoms with Gasteiger partial charge in [0.05, 0.1) is 17.0 Å². The molecule has 0 aliphatic heterocycles. The first-order valence-electron chi connectivity index (χ1n) is 5.88. The average molecular weight is 322 g/mol. The number of aliphatic carboxylic acids is 1. The Morgan fingerprint density at radius 2 is 2.10 bits per heavy atom. The molecule has 0 saturated carbocycles. The molecule has 0 atom stereocenters. The molecule has 1 aromatic rings. The fraction of sp³-hybridized carbons (Fsp3) is 0.417. The number of ether oxygens (including phenoxy) is 1. The molecule has 1 rings (SSSR count). The largest absolute Gasteiger partial charge is 0.495 e. The number of hydrogen-bond donors (Lipinski definition) is 1. The van der Waals surface area contributed by atoms with Gasteiger partial charge in [-0.3, -0.25) is 4.79 Å². The fourth-order valence-corrected chi connectivity index (χ4v) is 3.47. The molecule has 0 radical (unpaired) electrons.